The predicted octanol–water partition coefficient (Wildman–Crippen LogP) is 4.56. The van der Waals surface area contributed by atoms with Crippen LogP contribution in [-0.4, -0.2) is 11.8 Å². The lowest BCUT2D eigenvalue weighted by Gasteiger charge is -2.17. The zero-order chi connectivity index (χ0) is 14.4. The van der Waals surface area contributed by atoms with E-state index >= 15 is 0 Å². The number of amides is 2. The molecule has 0 radical (unpaired) electrons. The van der Waals surface area contributed by atoms with Crippen molar-refractivity contribution < 1.29 is 9.59 Å². The lowest BCUT2D eigenvalue weighted by Crippen LogP contribution is -2.30. The number of rotatable bonds is 1. The highest BCUT2D eigenvalue weighted by Crippen LogP contribution is 2.40. The lowest BCUT2D eigenvalue weighted by molar-refractivity contribution is 0.0926. The first kappa shape index (κ1) is 13.6. The van der Waals surface area contributed by atoms with E-state index in [1.807, 2.05) is 0 Å². The van der Waals surface area contributed by atoms with Crippen molar-refractivity contribution >= 4 is 56.6 Å². The fourth-order valence-electron chi connectivity index (χ4n) is 2.14. The molecule has 100 valence electrons. The van der Waals surface area contributed by atoms with Crippen LogP contribution in [-0.2, 0) is 0 Å². The Morgan fingerprint density at radius 2 is 1.35 bits per heavy atom. The summed E-state index contributed by atoms with van der Waals surface area (Å²) in [5, 5.41) is 0.470. The van der Waals surface area contributed by atoms with E-state index in [1.165, 1.54) is 0 Å². The van der Waals surface area contributed by atoms with Crippen LogP contribution in [0.25, 0.3) is 0 Å². The first-order valence-corrected chi connectivity index (χ1v) is 7.18. The Balaban J connectivity index is 2.19. The van der Waals surface area contributed by atoms with E-state index in [4.69, 9.17) is 23.2 Å². The average molecular weight is 371 g/mol. The van der Waals surface area contributed by atoms with E-state index in [1.54, 1.807) is 36.4 Å². The molecule has 2 aromatic rings. The van der Waals surface area contributed by atoms with Gasteiger partial charge >= 0.3 is 0 Å². The van der Waals surface area contributed by atoms with E-state index in [-0.39, 0.29) is 15.7 Å². The van der Waals surface area contributed by atoms with Gasteiger partial charge in [-0.1, -0.05) is 51.3 Å². The molecule has 1 heterocycles. The van der Waals surface area contributed by atoms with Gasteiger partial charge < -0.3 is 0 Å². The van der Waals surface area contributed by atoms with E-state index in [0.29, 0.717) is 15.6 Å². The fourth-order valence-corrected chi connectivity index (χ4v) is 3.52. The van der Waals surface area contributed by atoms with Crippen LogP contribution in [0.15, 0.2) is 40.9 Å². The summed E-state index contributed by atoms with van der Waals surface area (Å²) in [5.74, 6) is -0.839. The Morgan fingerprint density at radius 1 is 0.900 bits per heavy atom. The molecular weight excluding hydrogens is 365 g/mol. The van der Waals surface area contributed by atoms with Crippen LogP contribution >= 0.6 is 39.1 Å². The summed E-state index contributed by atoms with van der Waals surface area (Å²) in [7, 11) is 0. The molecular formula is C14H6BrCl2NO2. The summed E-state index contributed by atoms with van der Waals surface area (Å²) in [4.78, 5) is 25.8. The van der Waals surface area contributed by atoms with Gasteiger partial charge in [0.25, 0.3) is 11.8 Å². The second kappa shape index (κ2) is 4.88. The maximum Gasteiger partial charge on any atom is 0.266 e. The minimum absolute atomic E-state index is 0.211. The maximum atomic E-state index is 12.4. The number of hydrogen-bond donors (Lipinski definition) is 0. The SMILES string of the molecule is O=C1c2ccccc2C(=O)N1c1c(Cl)cc(Br)cc1Cl. The summed E-state index contributed by atoms with van der Waals surface area (Å²) in [6.07, 6.45) is 0. The first-order valence-electron chi connectivity index (χ1n) is 5.63. The summed E-state index contributed by atoms with van der Waals surface area (Å²) < 4.78 is 0.674. The van der Waals surface area contributed by atoms with Crippen molar-refractivity contribution in [3.8, 4) is 0 Å². The van der Waals surface area contributed by atoms with Gasteiger partial charge in [-0.3, -0.25) is 9.59 Å². The molecule has 1 aliphatic rings. The summed E-state index contributed by atoms with van der Waals surface area (Å²) in [6.45, 7) is 0. The molecule has 0 saturated carbocycles. The molecule has 0 spiro atoms. The monoisotopic (exact) mass is 369 g/mol. The molecule has 2 amide bonds. The van der Waals surface area contributed by atoms with Gasteiger partial charge in [0.2, 0.25) is 0 Å². The van der Waals surface area contributed by atoms with Gasteiger partial charge in [0.15, 0.2) is 0 Å². The number of carbonyl (C=O) groups excluding carboxylic acids is 2. The number of halogens is 3. The van der Waals surface area contributed by atoms with Crippen molar-refractivity contribution in [2.24, 2.45) is 0 Å². The molecule has 1 aliphatic heterocycles. The molecule has 20 heavy (non-hydrogen) atoms. The minimum atomic E-state index is -0.420. The second-order valence-corrected chi connectivity index (χ2v) is 5.94. The van der Waals surface area contributed by atoms with Crippen molar-refractivity contribution in [1.29, 1.82) is 0 Å². The van der Waals surface area contributed by atoms with E-state index in [0.717, 1.165) is 4.90 Å². The third kappa shape index (κ3) is 1.95. The molecule has 2 aromatic carbocycles. The third-order valence-corrected chi connectivity index (χ3v) is 4.03. The number of benzene rings is 2. The molecule has 0 aromatic heterocycles. The Bertz CT molecular complexity index is 703. The maximum absolute atomic E-state index is 12.4. The van der Waals surface area contributed by atoms with Crippen molar-refractivity contribution in [3.05, 3.63) is 62.0 Å². The molecule has 3 rings (SSSR count). The van der Waals surface area contributed by atoms with Gasteiger partial charge in [-0.15, -0.1) is 0 Å². The summed E-state index contributed by atoms with van der Waals surface area (Å²) in [6, 6.07) is 9.81. The Labute approximate surface area is 133 Å². The van der Waals surface area contributed by atoms with Gasteiger partial charge in [-0.25, -0.2) is 4.90 Å². The lowest BCUT2D eigenvalue weighted by atomic mass is 10.1. The molecule has 0 unspecified atom stereocenters. The first-order chi connectivity index (χ1) is 9.50. The van der Waals surface area contributed by atoms with Crippen molar-refractivity contribution in [3.63, 3.8) is 0 Å². The Morgan fingerprint density at radius 3 is 1.80 bits per heavy atom. The minimum Gasteiger partial charge on any atom is -0.268 e. The summed E-state index contributed by atoms with van der Waals surface area (Å²) >= 11 is 15.5. The molecule has 0 fully saturated rings. The fraction of sp³-hybridized carbons (Fsp3) is 0. The van der Waals surface area contributed by atoms with Gasteiger partial charge in [-0.05, 0) is 24.3 Å². The van der Waals surface area contributed by atoms with Crippen LogP contribution in [0.3, 0.4) is 0 Å². The van der Waals surface area contributed by atoms with Crippen LogP contribution in [0.4, 0.5) is 5.69 Å². The third-order valence-electron chi connectivity index (χ3n) is 3.00. The number of anilines is 1. The second-order valence-electron chi connectivity index (χ2n) is 4.21. The number of imide groups is 1. The van der Waals surface area contributed by atoms with Crippen LogP contribution in [0.2, 0.25) is 10.0 Å². The van der Waals surface area contributed by atoms with Gasteiger partial charge in [0.1, 0.15) is 0 Å². The quantitative estimate of drug-likeness (QED) is 0.690. The number of carbonyl (C=O) groups is 2. The van der Waals surface area contributed by atoms with Crippen LogP contribution in [0, 0.1) is 0 Å². The summed E-state index contributed by atoms with van der Waals surface area (Å²) in [5.41, 5.74) is 0.919. The number of hydrogen-bond acceptors (Lipinski definition) is 2. The average Bonchev–Trinajstić information content (AvgIpc) is 2.64. The highest BCUT2D eigenvalue weighted by atomic mass is 79.9. The molecule has 0 aliphatic carbocycles. The van der Waals surface area contributed by atoms with E-state index in [2.05, 4.69) is 15.9 Å². The highest BCUT2D eigenvalue weighted by molar-refractivity contribution is 9.10. The Hall–Kier alpha value is -1.36. The normalized spacial score (nSPS) is 13.8. The van der Waals surface area contributed by atoms with Crippen molar-refractivity contribution in [1.82, 2.24) is 0 Å². The zero-order valence-electron chi connectivity index (χ0n) is 9.86. The molecule has 0 saturated heterocycles. The largest absolute Gasteiger partial charge is 0.268 e. The number of nitrogens with zero attached hydrogens (tertiary/aromatic N) is 1. The topological polar surface area (TPSA) is 37.4 Å². The van der Waals surface area contributed by atoms with Gasteiger partial charge in [0, 0.05) is 4.47 Å². The molecule has 6 heteroatoms. The molecule has 0 N–H and O–H groups in total. The van der Waals surface area contributed by atoms with Gasteiger partial charge in [0.05, 0.1) is 26.9 Å². The van der Waals surface area contributed by atoms with Crippen molar-refractivity contribution in [2.45, 2.75) is 0 Å². The van der Waals surface area contributed by atoms with Crippen LogP contribution < -0.4 is 4.90 Å². The van der Waals surface area contributed by atoms with Crippen molar-refractivity contribution in [2.75, 3.05) is 4.90 Å². The predicted molar refractivity (Wildman–Crippen MR) is 81.7 cm³/mol. The molecule has 3 nitrogen and oxygen atoms in total. The van der Waals surface area contributed by atoms with Crippen LogP contribution in [0.5, 0.6) is 0 Å². The smallest absolute Gasteiger partial charge is 0.266 e. The highest BCUT2D eigenvalue weighted by Gasteiger charge is 2.38. The molecule has 0 bridgehead atoms. The van der Waals surface area contributed by atoms with Gasteiger partial charge in [-0.2, -0.15) is 0 Å². The standard InChI is InChI=1S/C14H6BrCl2NO2/c15-7-5-10(16)12(11(17)6-7)18-13(19)8-3-1-2-4-9(8)14(18)20/h1-6H. The van der Waals surface area contributed by atoms with E-state index in [9.17, 15) is 9.59 Å². The molecule has 0 atom stereocenters. The number of fused-ring (bicyclic) bond motifs is 1. The Kier molecular flexibility index (Phi) is 3.32. The van der Waals surface area contributed by atoms with Crippen LogP contribution in [0.1, 0.15) is 20.7 Å². The van der Waals surface area contributed by atoms with E-state index < -0.39 is 11.8 Å². The zero-order valence-corrected chi connectivity index (χ0v) is 13.0.